The number of H-pyrrole nitrogens is 1. The predicted octanol–water partition coefficient (Wildman–Crippen LogP) is 5.52. The van der Waals surface area contributed by atoms with Crippen molar-refractivity contribution >= 4 is 46.3 Å². The molecule has 1 amide bonds. The smallest absolute Gasteiger partial charge is 0.434 e. The number of aromatic amines is 1. The first-order chi connectivity index (χ1) is 19.9. The second-order valence-corrected chi connectivity index (χ2v) is 10.8. The van der Waals surface area contributed by atoms with E-state index in [0.717, 1.165) is 11.0 Å². The summed E-state index contributed by atoms with van der Waals surface area (Å²) in [5, 5.41) is 3.46. The lowest BCUT2D eigenvalue weighted by Gasteiger charge is -2.42. The molecule has 1 saturated heterocycles. The van der Waals surface area contributed by atoms with Crippen molar-refractivity contribution in [2.45, 2.75) is 37.2 Å². The number of fused-ring (bicyclic) bond motifs is 4. The molecule has 3 unspecified atom stereocenters. The lowest BCUT2D eigenvalue weighted by Crippen LogP contribution is -2.55. The minimum atomic E-state index is -5.30. The highest BCUT2D eigenvalue weighted by Gasteiger charge is 2.51. The largest absolute Gasteiger partial charge is 0.491 e. The highest BCUT2D eigenvalue weighted by atomic mass is 35.5. The van der Waals surface area contributed by atoms with E-state index in [1.807, 2.05) is 0 Å². The third-order valence-electron chi connectivity index (χ3n) is 7.54. The van der Waals surface area contributed by atoms with E-state index in [9.17, 15) is 27.6 Å². The summed E-state index contributed by atoms with van der Waals surface area (Å²) in [5.74, 6) is -5.11. The molecule has 42 heavy (non-hydrogen) atoms. The number of benzene rings is 2. The van der Waals surface area contributed by atoms with Crippen molar-refractivity contribution < 1.29 is 31.9 Å². The van der Waals surface area contributed by atoms with Crippen LogP contribution in [0.3, 0.4) is 0 Å². The Morgan fingerprint density at radius 3 is 2.62 bits per heavy atom. The molecule has 2 N–H and O–H groups in total. The summed E-state index contributed by atoms with van der Waals surface area (Å²) < 4.78 is 61.4. The molecule has 2 aliphatic rings. The number of hydrogen-bond donors (Lipinski definition) is 2. The number of esters is 1. The molecule has 218 valence electrons. The molecule has 2 aromatic heterocycles. The summed E-state index contributed by atoms with van der Waals surface area (Å²) in [6, 6.07) is 11.6. The van der Waals surface area contributed by atoms with Gasteiger partial charge >= 0.3 is 12.1 Å². The highest BCUT2D eigenvalue weighted by Crippen LogP contribution is 2.44. The number of nitrogens with zero attached hydrogens (tertiary/aromatic N) is 2. The zero-order valence-corrected chi connectivity index (χ0v) is 22.9. The average Bonchev–Trinajstić information content (AvgIpc) is 3.48. The minimum Gasteiger partial charge on any atom is -0.434 e. The van der Waals surface area contributed by atoms with Gasteiger partial charge in [-0.3, -0.25) is 14.0 Å². The normalized spacial score (nSPS) is 19.8. The van der Waals surface area contributed by atoms with Crippen LogP contribution < -0.4 is 10.9 Å². The van der Waals surface area contributed by atoms with Gasteiger partial charge in [-0.05, 0) is 41.8 Å². The van der Waals surface area contributed by atoms with Gasteiger partial charge < -0.3 is 19.9 Å². The van der Waals surface area contributed by atoms with Crippen LogP contribution in [0.25, 0.3) is 5.52 Å². The Morgan fingerprint density at radius 2 is 1.86 bits per heavy atom. The van der Waals surface area contributed by atoms with Crippen molar-refractivity contribution in [2.24, 2.45) is 0 Å². The molecule has 14 heteroatoms. The SMILES string of the molecule is O=C(c1cc(Cc2c[nH]c(=O)c3cc(Cl)c(Cl)n23)ccc1F)N1CCC2Nc3ccccc3C2C1OC(=O)C(F)(F)F. The van der Waals surface area contributed by atoms with Crippen LogP contribution in [-0.2, 0) is 16.0 Å². The van der Waals surface area contributed by atoms with Crippen molar-refractivity contribution in [3.8, 4) is 0 Å². The second kappa shape index (κ2) is 10.4. The Balaban J connectivity index is 1.36. The zero-order chi connectivity index (χ0) is 29.9. The molecule has 0 spiro atoms. The van der Waals surface area contributed by atoms with E-state index in [1.54, 1.807) is 24.3 Å². The van der Waals surface area contributed by atoms with Gasteiger partial charge in [0.15, 0.2) is 6.23 Å². The molecule has 2 aromatic carbocycles. The fourth-order valence-electron chi connectivity index (χ4n) is 5.69. The molecule has 0 bridgehead atoms. The number of alkyl halides is 3. The number of ether oxygens (including phenoxy) is 1. The highest BCUT2D eigenvalue weighted by molar-refractivity contribution is 6.42. The number of para-hydroxylation sites is 1. The molecule has 3 atom stereocenters. The summed E-state index contributed by atoms with van der Waals surface area (Å²) in [6.07, 6.45) is -5.15. The topological polar surface area (TPSA) is 95.9 Å². The van der Waals surface area contributed by atoms with E-state index in [1.165, 1.54) is 28.8 Å². The summed E-state index contributed by atoms with van der Waals surface area (Å²) >= 11 is 12.4. The first-order valence-electron chi connectivity index (χ1n) is 12.7. The number of likely N-dealkylation sites (tertiary alicyclic amines) is 1. The first-order valence-corrected chi connectivity index (χ1v) is 13.5. The van der Waals surface area contributed by atoms with E-state index in [2.05, 4.69) is 10.3 Å². The van der Waals surface area contributed by atoms with Gasteiger partial charge in [-0.15, -0.1) is 0 Å². The Labute approximate surface area is 244 Å². The Hall–Kier alpha value is -4.03. The number of aromatic nitrogens is 2. The third kappa shape index (κ3) is 4.78. The molecule has 4 heterocycles. The lowest BCUT2D eigenvalue weighted by molar-refractivity contribution is -0.214. The molecule has 8 nitrogen and oxygen atoms in total. The van der Waals surface area contributed by atoms with Crippen molar-refractivity contribution in [1.29, 1.82) is 0 Å². The number of hydrogen-bond acceptors (Lipinski definition) is 5. The molecule has 4 aromatic rings. The Morgan fingerprint density at radius 1 is 1.10 bits per heavy atom. The number of halogens is 6. The molecule has 0 radical (unpaired) electrons. The summed E-state index contributed by atoms with van der Waals surface area (Å²) in [6.45, 7) is -0.0987. The number of rotatable bonds is 4. The number of carbonyl (C=O) groups is 2. The van der Waals surface area contributed by atoms with Crippen LogP contribution in [0, 0.1) is 5.82 Å². The Bertz CT molecular complexity index is 1800. The average molecular weight is 623 g/mol. The fourth-order valence-corrected chi connectivity index (χ4v) is 6.13. The minimum absolute atomic E-state index is 0.0764. The van der Waals surface area contributed by atoms with Gasteiger partial charge in [-0.1, -0.05) is 47.5 Å². The van der Waals surface area contributed by atoms with E-state index < -0.39 is 53.2 Å². The van der Waals surface area contributed by atoms with Crippen LogP contribution in [0.4, 0.5) is 23.2 Å². The molecule has 0 saturated carbocycles. The summed E-state index contributed by atoms with van der Waals surface area (Å²) in [4.78, 5) is 41.6. The monoisotopic (exact) mass is 622 g/mol. The number of amides is 1. The number of anilines is 1. The second-order valence-electron chi connectivity index (χ2n) is 10.0. The molecular weight excluding hydrogens is 603 g/mol. The standard InChI is InChI=1S/C28H20Cl2F4N4O4/c29-17-11-21-24(39)35-12-14(38(21)23(17)30)9-13-5-6-18(31)16(10-13)25(40)37-8-7-20-22(15-3-1-2-4-19(15)36-20)26(37)42-27(41)28(32,33)34/h1-6,10-12,20,22,26,36H,7-9H2,(H,35,39). The zero-order valence-electron chi connectivity index (χ0n) is 21.3. The van der Waals surface area contributed by atoms with Gasteiger partial charge in [-0.25, -0.2) is 9.18 Å². The first kappa shape index (κ1) is 28.1. The van der Waals surface area contributed by atoms with E-state index >= 15 is 4.39 Å². The maximum atomic E-state index is 15.1. The van der Waals surface area contributed by atoms with Gasteiger partial charge in [-0.2, -0.15) is 13.2 Å². The molecular formula is C28H20Cl2F4N4O4. The molecule has 0 aliphatic carbocycles. The van der Waals surface area contributed by atoms with Crippen LogP contribution in [0.2, 0.25) is 10.2 Å². The lowest BCUT2D eigenvalue weighted by atomic mass is 9.87. The van der Waals surface area contributed by atoms with Gasteiger partial charge in [0.1, 0.15) is 16.5 Å². The van der Waals surface area contributed by atoms with Crippen LogP contribution in [0.1, 0.15) is 39.5 Å². The number of piperidine rings is 1. The maximum Gasteiger partial charge on any atom is 0.491 e. The van der Waals surface area contributed by atoms with Crippen molar-refractivity contribution in [2.75, 3.05) is 11.9 Å². The van der Waals surface area contributed by atoms with Crippen LogP contribution in [0.5, 0.6) is 0 Å². The van der Waals surface area contributed by atoms with Crippen LogP contribution in [0.15, 0.2) is 59.5 Å². The van der Waals surface area contributed by atoms with Gasteiger partial charge in [0, 0.05) is 36.6 Å². The number of nitrogens with one attached hydrogen (secondary N) is 2. The van der Waals surface area contributed by atoms with E-state index in [0.29, 0.717) is 28.9 Å². The molecule has 6 rings (SSSR count). The van der Waals surface area contributed by atoms with Crippen molar-refractivity contribution in [3.05, 3.63) is 103 Å². The van der Waals surface area contributed by atoms with Gasteiger partial charge in [0.25, 0.3) is 11.5 Å². The van der Waals surface area contributed by atoms with Gasteiger partial charge in [0.2, 0.25) is 0 Å². The van der Waals surface area contributed by atoms with Crippen molar-refractivity contribution in [3.63, 3.8) is 0 Å². The Kier molecular flexibility index (Phi) is 6.93. The fraction of sp³-hybridized carbons (Fsp3) is 0.250. The maximum absolute atomic E-state index is 15.1. The summed E-state index contributed by atoms with van der Waals surface area (Å²) in [7, 11) is 0. The number of carbonyl (C=O) groups excluding carboxylic acids is 2. The third-order valence-corrected chi connectivity index (χ3v) is 8.30. The molecule has 1 fully saturated rings. The van der Waals surface area contributed by atoms with Crippen LogP contribution in [-0.4, -0.2) is 51.2 Å². The van der Waals surface area contributed by atoms with E-state index in [-0.39, 0.29) is 28.7 Å². The molecule has 2 aliphatic heterocycles. The van der Waals surface area contributed by atoms with Crippen LogP contribution >= 0.6 is 23.2 Å². The summed E-state index contributed by atoms with van der Waals surface area (Å²) in [5.41, 5.74) is 1.46. The van der Waals surface area contributed by atoms with Crippen molar-refractivity contribution in [1.82, 2.24) is 14.3 Å². The quantitative estimate of drug-likeness (QED) is 0.231. The predicted molar refractivity (Wildman–Crippen MR) is 145 cm³/mol. The van der Waals surface area contributed by atoms with E-state index in [4.69, 9.17) is 27.9 Å². The van der Waals surface area contributed by atoms with Gasteiger partial charge in [0.05, 0.1) is 16.5 Å².